The second-order valence-electron chi connectivity index (χ2n) is 6.95. The van der Waals surface area contributed by atoms with E-state index in [1.165, 1.54) is 11.8 Å². The molecule has 1 aliphatic rings. The molecule has 0 aromatic carbocycles. The van der Waals surface area contributed by atoms with Crippen LogP contribution in [0.25, 0.3) is 5.69 Å². The molecule has 31 heavy (non-hydrogen) atoms. The molecule has 3 rings (SSSR count). The Hall–Kier alpha value is -2.18. The molecule has 2 aromatic heterocycles. The largest absolute Gasteiger partial charge is 0.399 e. The number of sulfone groups is 1. The lowest BCUT2D eigenvalue weighted by Crippen LogP contribution is -2.39. The van der Waals surface area contributed by atoms with Crippen LogP contribution in [0.2, 0.25) is 5.15 Å². The molecule has 2 heterocycles. The molecule has 0 amide bonds. The summed E-state index contributed by atoms with van der Waals surface area (Å²) in [5, 5.41) is 8.12. The van der Waals surface area contributed by atoms with Crippen LogP contribution in [0, 0.1) is 5.92 Å². The highest BCUT2D eigenvalue weighted by molar-refractivity contribution is 7.92. The van der Waals surface area contributed by atoms with Crippen LogP contribution in [0.5, 0.6) is 0 Å². The predicted octanol–water partition coefficient (Wildman–Crippen LogP) is 3.15. The lowest BCUT2D eigenvalue weighted by Gasteiger charge is -2.23. The number of rotatable bonds is 9. The van der Waals surface area contributed by atoms with Crippen molar-refractivity contribution in [2.24, 2.45) is 11.1 Å². The molecule has 2 aromatic rings. The smallest absolute Gasteiger partial charge is 0.252 e. The summed E-state index contributed by atoms with van der Waals surface area (Å²) in [6.07, 6.45) is 4.41. The van der Waals surface area contributed by atoms with Crippen molar-refractivity contribution in [3.05, 3.63) is 35.9 Å². The fourth-order valence-corrected chi connectivity index (χ4v) is 5.35. The monoisotopic (exact) mass is 491 g/mol. The van der Waals surface area contributed by atoms with E-state index < -0.39 is 39.6 Å². The van der Waals surface area contributed by atoms with Gasteiger partial charge in [0, 0.05) is 25.1 Å². The predicted molar refractivity (Wildman–Crippen MR) is 118 cm³/mol. The number of thiocarbonyl (C=S) groups is 1. The number of hydrogen-bond donors (Lipinski definition) is 0. The van der Waals surface area contributed by atoms with Gasteiger partial charge in [-0.05, 0) is 19.1 Å². The summed E-state index contributed by atoms with van der Waals surface area (Å²) >= 11 is 11.8. The van der Waals surface area contributed by atoms with Crippen LogP contribution in [0.1, 0.15) is 13.3 Å². The lowest BCUT2D eigenvalue weighted by molar-refractivity contribution is 0.103. The van der Waals surface area contributed by atoms with Gasteiger partial charge in [0.1, 0.15) is 23.5 Å². The Morgan fingerprint density at radius 2 is 2.23 bits per heavy atom. The van der Waals surface area contributed by atoms with E-state index in [4.69, 9.17) is 28.7 Å². The first-order valence-corrected chi connectivity index (χ1v) is 11.8. The van der Waals surface area contributed by atoms with E-state index in [2.05, 4.69) is 15.2 Å². The molecule has 168 valence electrons. The van der Waals surface area contributed by atoms with Gasteiger partial charge in [0.05, 0.1) is 29.6 Å². The van der Waals surface area contributed by atoms with Gasteiger partial charge in [-0.2, -0.15) is 5.10 Å². The van der Waals surface area contributed by atoms with Gasteiger partial charge in [0.2, 0.25) is 0 Å². The molecule has 1 fully saturated rings. The van der Waals surface area contributed by atoms with Crippen LogP contribution in [-0.4, -0.2) is 65.0 Å². The van der Waals surface area contributed by atoms with Crippen LogP contribution >= 0.6 is 23.8 Å². The summed E-state index contributed by atoms with van der Waals surface area (Å²) in [5.74, 6) is -5.38. The SMILES string of the molecule is CCN(C(=S)C(CS(=O)(=O)CC1CC1(F)F)=NOC)c1cn(-c2cccnc2)nc1Cl. The number of hydrogen-bond acceptors (Lipinski definition) is 7. The molecule has 1 saturated carbocycles. The van der Waals surface area contributed by atoms with Gasteiger partial charge >= 0.3 is 0 Å². The van der Waals surface area contributed by atoms with E-state index in [1.54, 1.807) is 42.5 Å². The van der Waals surface area contributed by atoms with Crippen molar-refractivity contribution in [3.63, 3.8) is 0 Å². The zero-order valence-corrected chi connectivity index (χ0v) is 19.1. The quantitative estimate of drug-likeness (QED) is 0.302. The summed E-state index contributed by atoms with van der Waals surface area (Å²) in [7, 11) is -2.65. The summed E-state index contributed by atoms with van der Waals surface area (Å²) in [6, 6.07) is 3.52. The van der Waals surface area contributed by atoms with Gasteiger partial charge in [-0.15, -0.1) is 0 Å². The molecule has 0 saturated heterocycles. The minimum Gasteiger partial charge on any atom is -0.399 e. The number of halogens is 3. The van der Waals surface area contributed by atoms with Gasteiger partial charge in [-0.1, -0.05) is 29.0 Å². The summed E-state index contributed by atoms with van der Waals surface area (Å²) in [6.45, 7) is 2.11. The van der Waals surface area contributed by atoms with Crippen molar-refractivity contribution in [1.29, 1.82) is 0 Å². The highest BCUT2D eigenvalue weighted by atomic mass is 35.5. The lowest BCUT2D eigenvalue weighted by atomic mass is 10.3. The van der Waals surface area contributed by atoms with Crippen LogP contribution in [0.15, 0.2) is 35.9 Å². The third-order valence-corrected chi connectivity index (χ3v) is 6.98. The van der Waals surface area contributed by atoms with Gasteiger partial charge in [-0.25, -0.2) is 21.9 Å². The maximum atomic E-state index is 13.2. The maximum Gasteiger partial charge on any atom is 0.252 e. The fraction of sp³-hybridized carbons (Fsp3) is 0.444. The minimum absolute atomic E-state index is 0.0446. The number of oxime groups is 1. The molecule has 0 bridgehead atoms. The Balaban J connectivity index is 1.84. The molecule has 0 radical (unpaired) electrons. The number of alkyl halides is 2. The molecule has 1 unspecified atom stereocenters. The number of anilines is 1. The second-order valence-corrected chi connectivity index (χ2v) is 9.80. The highest BCUT2D eigenvalue weighted by Crippen LogP contribution is 2.49. The second kappa shape index (κ2) is 9.13. The van der Waals surface area contributed by atoms with Crippen molar-refractivity contribution in [1.82, 2.24) is 14.8 Å². The van der Waals surface area contributed by atoms with E-state index >= 15 is 0 Å². The molecular weight excluding hydrogens is 472 g/mol. The number of pyridine rings is 1. The van der Waals surface area contributed by atoms with Gasteiger partial charge in [-0.3, -0.25) is 4.98 Å². The summed E-state index contributed by atoms with van der Waals surface area (Å²) in [4.78, 5) is 10.4. The third kappa shape index (κ3) is 5.55. The normalized spacial score (nSPS) is 18.0. The van der Waals surface area contributed by atoms with E-state index in [1.807, 2.05) is 0 Å². The summed E-state index contributed by atoms with van der Waals surface area (Å²) in [5.41, 5.74) is 1.01. The average molecular weight is 492 g/mol. The highest BCUT2D eigenvalue weighted by Gasteiger charge is 2.58. The molecule has 13 heteroatoms. The number of aromatic nitrogens is 3. The Kier molecular flexibility index (Phi) is 6.92. The first-order chi connectivity index (χ1) is 14.6. The molecule has 0 aliphatic heterocycles. The van der Waals surface area contributed by atoms with Crippen LogP contribution in [0.4, 0.5) is 14.5 Å². The Morgan fingerprint density at radius 3 is 2.77 bits per heavy atom. The average Bonchev–Trinajstić information content (AvgIpc) is 3.11. The van der Waals surface area contributed by atoms with Crippen LogP contribution in [-0.2, 0) is 14.7 Å². The van der Waals surface area contributed by atoms with Crippen LogP contribution < -0.4 is 4.90 Å². The zero-order valence-electron chi connectivity index (χ0n) is 16.7. The molecule has 1 aliphatic carbocycles. The fourth-order valence-electron chi connectivity index (χ4n) is 2.99. The van der Waals surface area contributed by atoms with Gasteiger partial charge < -0.3 is 9.74 Å². The van der Waals surface area contributed by atoms with Crippen molar-refractivity contribution >= 4 is 50.0 Å². The van der Waals surface area contributed by atoms with Gasteiger partial charge in [0.25, 0.3) is 5.92 Å². The van der Waals surface area contributed by atoms with Crippen molar-refractivity contribution < 1.29 is 22.0 Å². The first kappa shape index (κ1) is 23.5. The Bertz CT molecular complexity index is 1090. The molecule has 0 spiro atoms. The van der Waals surface area contributed by atoms with E-state index in [9.17, 15) is 17.2 Å². The molecule has 1 atom stereocenters. The zero-order chi connectivity index (χ0) is 22.8. The Labute approximate surface area is 188 Å². The maximum absolute atomic E-state index is 13.2. The third-order valence-electron chi connectivity index (χ3n) is 4.63. The van der Waals surface area contributed by atoms with Crippen molar-refractivity contribution in [3.8, 4) is 5.69 Å². The van der Waals surface area contributed by atoms with Crippen molar-refractivity contribution in [2.75, 3.05) is 30.1 Å². The number of nitrogens with zero attached hydrogens (tertiary/aromatic N) is 5. The first-order valence-electron chi connectivity index (χ1n) is 9.23. The Morgan fingerprint density at radius 1 is 1.52 bits per heavy atom. The van der Waals surface area contributed by atoms with Gasteiger partial charge in [0.15, 0.2) is 15.0 Å². The van der Waals surface area contributed by atoms with Crippen molar-refractivity contribution in [2.45, 2.75) is 19.3 Å². The molecular formula is C18H20ClF2N5O3S2. The summed E-state index contributed by atoms with van der Waals surface area (Å²) < 4.78 is 52.8. The standard InChI is InChI=1S/C18H20ClF2N5O3S2/c1-3-25(15-9-26(23-16(15)19)13-5-4-6-22-8-13)17(30)14(24-29-2)11-31(27,28)10-12-7-18(12,20)21/h4-6,8-9,12H,3,7,10-11H2,1-2H3. The van der Waals surface area contributed by atoms with E-state index in [0.717, 1.165) is 0 Å². The van der Waals surface area contributed by atoms with E-state index in [0.29, 0.717) is 17.9 Å². The topological polar surface area (TPSA) is 89.7 Å². The molecule has 8 nitrogen and oxygen atoms in total. The van der Waals surface area contributed by atoms with E-state index in [-0.39, 0.29) is 15.9 Å². The van der Waals surface area contributed by atoms with Crippen LogP contribution in [0.3, 0.4) is 0 Å². The molecule has 0 N–H and O–H groups in total. The minimum atomic E-state index is -3.89.